The monoisotopic (exact) mass is 158 g/mol. The van der Waals surface area contributed by atoms with E-state index in [1.807, 2.05) is 19.1 Å². The van der Waals surface area contributed by atoms with E-state index in [1.54, 1.807) is 6.20 Å². The summed E-state index contributed by atoms with van der Waals surface area (Å²) in [4.78, 5) is 0. The van der Waals surface area contributed by atoms with Gasteiger partial charge in [-0.3, -0.25) is 0 Å². The van der Waals surface area contributed by atoms with Gasteiger partial charge in [-0.25, -0.2) is 0 Å². The van der Waals surface area contributed by atoms with Crippen molar-refractivity contribution in [2.24, 2.45) is 0 Å². The number of aromatic nitrogens is 1. The van der Waals surface area contributed by atoms with Crippen LogP contribution < -0.4 is 0 Å². The van der Waals surface area contributed by atoms with Crippen LogP contribution in [0.3, 0.4) is 0 Å². The molecule has 0 N–H and O–H groups in total. The second-order valence-electron chi connectivity index (χ2n) is 2.61. The Balaban J connectivity index is 2.94. The molecule has 3 heteroatoms. The highest BCUT2D eigenvalue weighted by Crippen LogP contribution is 2.20. The largest absolute Gasteiger partial charge is 0.355 e. The van der Waals surface area contributed by atoms with E-state index in [1.165, 1.54) is 0 Å². The van der Waals surface area contributed by atoms with Crippen LogP contribution >= 0.6 is 0 Å². The number of nitrogens with zero attached hydrogens (tertiary/aromatic N) is 2. The Hall–Kier alpha value is -1.82. The summed E-state index contributed by atoms with van der Waals surface area (Å²) < 4.78 is 4.95. The number of rotatable bonds is 0. The molecule has 0 aliphatic heterocycles. The molecule has 0 saturated heterocycles. The van der Waals surface area contributed by atoms with E-state index >= 15 is 0 Å². The normalized spacial score (nSPS) is 10.0. The summed E-state index contributed by atoms with van der Waals surface area (Å²) in [5.41, 5.74) is 2.07. The lowest BCUT2D eigenvalue weighted by Gasteiger charge is -1.94. The second kappa shape index (κ2) is 2.35. The second-order valence-corrected chi connectivity index (χ2v) is 2.61. The summed E-state index contributed by atoms with van der Waals surface area (Å²) in [7, 11) is 0. The lowest BCUT2D eigenvalue weighted by Crippen LogP contribution is -1.81. The Labute approximate surface area is 69.2 Å². The number of hydrogen-bond acceptors (Lipinski definition) is 3. The molecular weight excluding hydrogens is 152 g/mol. The molecule has 0 amide bonds. The van der Waals surface area contributed by atoms with Gasteiger partial charge >= 0.3 is 0 Å². The summed E-state index contributed by atoms with van der Waals surface area (Å²) >= 11 is 0. The van der Waals surface area contributed by atoms with E-state index in [0.29, 0.717) is 11.1 Å². The Bertz CT molecular complexity index is 465. The van der Waals surface area contributed by atoms with Crippen LogP contribution in [0.1, 0.15) is 11.1 Å². The topological polar surface area (TPSA) is 49.8 Å². The Morgan fingerprint density at radius 3 is 3.08 bits per heavy atom. The quantitative estimate of drug-likeness (QED) is 0.589. The standard InChI is InChI=1S/C9H6N2O/c1-6-2-3-7-5-11-12-9(7)8(6)4-10/h2-3,5H,1H3. The first-order chi connectivity index (χ1) is 5.83. The number of benzene rings is 1. The maximum atomic E-state index is 8.80. The Kier molecular flexibility index (Phi) is 1.34. The molecule has 0 saturated carbocycles. The van der Waals surface area contributed by atoms with Crippen molar-refractivity contribution in [3.8, 4) is 6.07 Å². The maximum Gasteiger partial charge on any atom is 0.184 e. The molecule has 1 aromatic carbocycles. The number of aryl methyl sites for hydroxylation is 1. The lowest BCUT2D eigenvalue weighted by atomic mass is 10.1. The molecule has 2 aromatic rings. The number of hydrogen-bond donors (Lipinski definition) is 0. The molecule has 0 aliphatic carbocycles. The van der Waals surface area contributed by atoms with Crippen LogP contribution in [0.25, 0.3) is 11.0 Å². The van der Waals surface area contributed by atoms with Crippen LogP contribution in [0.15, 0.2) is 22.9 Å². The molecule has 0 aliphatic rings. The lowest BCUT2D eigenvalue weighted by molar-refractivity contribution is 0.455. The van der Waals surface area contributed by atoms with Crippen molar-refractivity contribution in [2.75, 3.05) is 0 Å². The predicted molar refractivity (Wildman–Crippen MR) is 43.5 cm³/mol. The zero-order chi connectivity index (χ0) is 8.55. The van der Waals surface area contributed by atoms with Gasteiger partial charge in [-0.05, 0) is 18.6 Å². The molecule has 1 heterocycles. The molecule has 1 aromatic heterocycles. The summed E-state index contributed by atoms with van der Waals surface area (Å²) in [5, 5.41) is 13.3. The van der Waals surface area contributed by atoms with E-state index < -0.39 is 0 Å². The van der Waals surface area contributed by atoms with Crippen molar-refractivity contribution >= 4 is 11.0 Å². The molecule has 0 unspecified atom stereocenters. The molecule has 0 radical (unpaired) electrons. The minimum atomic E-state index is 0.574. The van der Waals surface area contributed by atoms with Crippen LogP contribution in [0, 0.1) is 18.3 Å². The highest BCUT2D eigenvalue weighted by molar-refractivity contribution is 5.82. The van der Waals surface area contributed by atoms with Crippen molar-refractivity contribution in [3.05, 3.63) is 29.5 Å². The summed E-state index contributed by atoms with van der Waals surface area (Å²) in [6.45, 7) is 1.88. The van der Waals surface area contributed by atoms with Crippen LogP contribution in [0.5, 0.6) is 0 Å². The van der Waals surface area contributed by atoms with Gasteiger partial charge in [-0.15, -0.1) is 0 Å². The van der Waals surface area contributed by atoms with Crippen LogP contribution in [0.4, 0.5) is 0 Å². The van der Waals surface area contributed by atoms with Crippen molar-refractivity contribution in [3.63, 3.8) is 0 Å². The molecule has 0 fully saturated rings. The van der Waals surface area contributed by atoms with Gasteiger partial charge in [0.15, 0.2) is 5.58 Å². The SMILES string of the molecule is Cc1ccc2cnoc2c1C#N. The van der Waals surface area contributed by atoms with Crippen molar-refractivity contribution in [2.45, 2.75) is 6.92 Å². The molecular formula is C9H6N2O. The van der Waals surface area contributed by atoms with Crippen LogP contribution in [0.2, 0.25) is 0 Å². The molecule has 0 spiro atoms. The van der Waals surface area contributed by atoms with E-state index in [2.05, 4.69) is 11.2 Å². The van der Waals surface area contributed by atoms with E-state index in [4.69, 9.17) is 9.78 Å². The molecule has 12 heavy (non-hydrogen) atoms. The van der Waals surface area contributed by atoms with Gasteiger partial charge in [0.2, 0.25) is 0 Å². The third kappa shape index (κ3) is 0.785. The van der Waals surface area contributed by atoms with E-state index in [9.17, 15) is 0 Å². The van der Waals surface area contributed by atoms with Crippen LogP contribution in [-0.2, 0) is 0 Å². The van der Waals surface area contributed by atoms with Crippen molar-refractivity contribution < 1.29 is 4.52 Å². The highest BCUT2D eigenvalue weighted by atomic mass is 16.5. The summed E-state index contributed by atoms with van der Waals surface area (Å²) in [5.74, 6) is 0. The summed E-state index contributed by atoms with van der Waals surface area (Å²) in [6, 6.07) is 5.87. The summed E-state index contributed by atoms with van der Waals surface area (Å²) in [6.07, 6.45) is 1.61. The molecule has 0 atom stereocenters. The predicted octanol–water partition coefficient (Wildman–Crippen LogP) is 2.01. The Morgan fingerprint density at radius 2 is 2.33 bits per heavy atom. The first-order valence-electron chi connectivity index (χ1n) is 3.57. The van der Waals surface area contributed by atoms with E-state index in [-0.39, 0.29) is 0 Å². The average Bonchev–Trinajstić information content (AvgIpc) is 2.52. The molecule has 58 valence electrons. The smallest absolute Gasteiger partial charge is 0.184 e. The first kappa shape index (κ1) is 6.86. The third-order valence-electron chi connectivity index (χ3n) is 1.84. The van der Waals surface area contributed by atoms with Gasteiger partial charge in [-0.2, -0.15) is 5.26 Å². The number of fused-ring (bicyclic) bond motifs is 1. The van der Waals surface area contributed by atoms with Gasteiger partial charge in [-0.1, -0.05) is 11.2 Å². The van der Waals surface area contributed by atoms with Crippen molar-refractivity contribution in [1.29, 1.82) is 5.26 Å². The average molecular weight is 158 g/mol. The molecule has 2 rings (SSSR count). The molecule has 3 nitrogen and oxygen atoms in total. The third-order valence-corrected chi connectivity index (χ3v) is 1.84. The van der Waals surface area contributed by atoms with E-state index in [0.717, 1.165) is 10.9 Å². The first-order valence-corrected chi connectivity index (χ1v) is 3.57. The fourth-order valence-electron chi connectivity index (χ4n) is 1.17. The fourth-order valence-corrected chi connectivity index (χ4v) is 1.17. The minimum Gasteiger partial charge on any atom is -0.355 e. The number of nitriles is 1. The van der Waals surface area contributed by atoms with Crippen LogP contribution in [-0.4, -0.2) is 5.16 Å². The molecule has 0 bridgehead atoms. The zero-order valence-corrected chi connectivity index (χ0v) is 6.53. The maximum absolute atomic E-state index is 8.80. The highest BCUT2D eigenvalue weighted by Gasteiger charge is 2.06. The van der Waals surface area contributed by atoms with Gasteiger partial charge in [0.05, 0.1) is 6.20 Å². The van der Waals surface area contributed by atoms with Gasteiger partial charge in [0.1, 0.15) is 11.6 Å². The van der Waals surface area contributed by atoms with Gasteiger partial charge in [0.25, 0.3) is 0 Å². The van der Waals surface area contributed by atoms with Gasteiger partial charge < -0.3 is 4.52 Å². The van der Waals surface area contributed by atoms with Crippen molar-refractivity contribution in [1.82, 2.24) is 5.16 Å². The minimum absolute atomic E-state index is 0.574. The fraction of sp³-hybridized carbons (Fsp3) is 0.111. The van der Waals surface area contributed by atoms with Gasteiger partial charge in [0, 0.05) is 5.39 Å². The Morgan fingerprint density at radius 1 is 1.50 bits per heavy atom. The zero-order valence-electron chi connectivity index (χ0n) is 6.53.